The monoisotopic (exact) mass is 360 g/mol. The summed E-state index contributed by atoms with van der Waals surface area (Å²) < 4.78 is 49.9. The second-order valence-corrected chi connectivity index (χ2v) is 7.09. The van der Waals surface area contributed by atoms with Gasteiger partial charge < -0.3 is 5.32 Å². The smallest absolute Gasteiger partial charge is 0.252 e. The van der Waals surface area contributed by atoms with Crippen LogP contribution in [0, 0.1) is 0 Å². The highest BCUT2D eigenvalue weighted by Crippen LogP contribution is 2.32. The van der Waals surface area contributed by atoms with Crippen molar-refractivity contribution >= 4 is 33.2 Å². The minimum atomic E-state index is -4.09. The summed E-state index contributed by atoms with van der Waals surface area (Å²) in [7, 11) is -3.01. The molecule has 0 aliphatic heterocycles. The molecule has 120 valence electrons. The second kappa shape index (κ2) is 7.69. The Balaban J connectivity index is 3.24. The van der Waals surface area contributed by atoms with E-state index in [2.05, 4.69) is 5.32 Å². The van der Waals surface area contributed by atoms with Crippen LogP contribution in [0.4, 0.5) is 8.78 Å². The van der Waals surface area contributed by atoms with Crippen LogP contribution in [0.15, 0.2) is 17.0 Å². The van der Waals surface area contributed by atoms with E-state index in [0.717, 1.165) is 7.05 Å². The van der Waals surface area contributed by atoms with Gasteiger partial charge in [0.05, 0.1) is 11.6 Å². The summed E-state index contributed by atoms with van der Waals surface area (Å²) in [6.45, 7) is 1.91. The van der Waals surface area contributed by atoms with Crippen LogP contribution in [0.25, 0.3) is 0 Å². The van der Waals surface area contributed by atoms with Crippen molar-refractivity contribution < 1.29 is 17.2 Å². The van der Waals surface area contributed by atoms with Crippen LogP contribution in [0.3, 0.4) is 0 Å². The Morgan fingerprint density at radius 3 is 2.48 bits per heavy atom. The fourth-order valence-corrected chi connectivity index (χ4v) is 3.68. The third-order valence-corrected chi connectivity index (χ3v) is 5.55. The molecule has 1 aromatic rings. The molecular weight excluding hydrogens is 345 g/mol. The fraction of sp³-hybridized carbons (Fsp3) is 0.500. The largest absolute Gasteiger partial charge is 0.313 e. The summed E-state index contributed by atoms with van der Waals surface area (Å²) in [6, 6.07) is 2.61. The van der Waals surface area contributed by atoms with Crippen molar-refractivity contribution in [3.05, 3.63) is 27.7 Å². The molecule has 0 saturated carbocycles. The molecule has 0 unspecified atom stereocenters. The van der Waals surface area contributed by atoms with Crippen LogP contribution in [0.1, 0.15) is 12.5 Å². The van der Waals surface area contributed by atoms with E-state index in [0.29, 0.717) is 21.4 Å². The highest BCUT2D eigenvalue weighted by atomic mass is 35.5. The zero-order valence-corrected chi connectivity index (χ0v) is 13.9. The molecule has 0 saturated heterocycles. The van der Waals surface area contributed by atoms with Gasteiger partial charge >= 0.3 is 0 Å². The van der Waals surface area contributed by atoms with Crippen molar-refractivity contribution in [1.82, 2.24) is 9.62 Å². The molecule has 0 heterocycles. The molecule has 1 rings (SSSR count). The number of nitrogens with one attached hydrogen (secondary N) is 1. The van der Waals surface area contributed by atoms with Gasteiger partial charge in [0.1, 0.15) is 4.90 Å². The van der Waals surface area contributed by atoms with Crippen LogP contribution in [0.2, 0.25) is 10.0 Å². The molecule has 0 amide bonds. The summed E-state index contributed by atoms with van der Waals surface area (Å²) in [4.78, 5) is -0.232. The lowest BCUT2D eigenvalue weighted by atomic mass is 10.2. The number of rotatable bonds is 7. The molecule has 1 aromatic carbocycles. The number of nitrogens with zero attached hydrogens (tertiary/aromatic N) is 1. The molecule has 0 atom stereocenters. The SMILES string of the molecule is CCNCc1c(Cl)ccc(S(=O)(=O)N(C)CC(F)F)c1Cl. The van der Waals surface area contributed by atoms with Crippen molar-refractivity contribution in [3.8, 4) is 0 Å². The predicted molar refractivity (Wildman–Crippen MR) is 79.7 cm³/mol. The molecule has 0 fully saturated rings. The van der Waals surface area contributed by atoms with Gasteiger partial charge in [-0.1, -0.05) is 30.1 Å². The van der Waals surface area contributed by atoms with E-state index in [1.165, 1.54) is 12.1 Å². The highest BCUT2D eigenvalue weighted by molar-refractivity contribution is 7.89. The molecule has 0 aliphatic carbocycles. The standard InChI is InChI=1S/C12H16Cl2F2N2O2S/c1-3-17-6-8-9(13)4-5-10(12(8)14)21(19,20)18(2)7-11(15)16/h4-5,11,17H,3,6-7H2,1-2H3. The maximum atomic E-state index is 12.4. The first kappa shape index (κ1) is 18.6. The lowest BCUT2D eigenvalue weighted by molar-refractivity contribution is 0.126. The van der Waals surface area contributed by atoms with Gasteiger partial charge in [-0.2, -0.15) is 4.31 Å². The van der Waals surface area contributed by atoms with Crippen molar-refractivity contribution in [2.24, 2.45) is 0 Å². The van der Waals surface area contributed by atoms with Crippen LogP contribution >= 0.6 is 23.2 Å². The number of hydrogen-bond donors (Lipinski definition) is 1. The topological polar surface area (TPSA) is 49.4 Å². The summed E-state index contributed by atoms with van der Waals surface area (Å²) in [5.41, 5.74) is 0.423. The zero-order chi connectivity index (χ0) is 16.2. The Bertz CT molecular complexity index is 597. The first-order chi connectivity index (χ1) is 9.71. The number of sulfonamides is 1. The lowest BCUT2D eigenvalue weighted by Gasteiger charge is -2.19. The Kier molecular flexibility index (Phi) is 6.80. The van der Waals surface area contributed by atoms with Gasteiger partial charge in [-0.15, -0.1) is 0 Å². The molecule has 0 spiro atoms. The van der Waals surface area contributed by atoms with E-state index in [1.807, 2.05) is 6.92 Å². The van der Waals surface area contributed by atoms with E-state index in [-0.39, 0.29) is 16.5 Å². The molecule has 4 nitrogen and oxygen atoms in total. The minimum Gasteiger partial charge on any atom is -0.313 e. The second-order valence-electron chi connectivity index (χ2n) is 4.30. The van der Waals surface area contributed by atoms with E-state index >= 15 is 0 Å². The fourth-order valence-electron chi connectivity index (χ4n) is 1.65. The van der Waals surface area contributed by atoms with Gasteiger partial charge in [-0.25, -0.2) is 17.2 Å². The molecular formula is C12H16Cl2F2N2O2S. The van der Waals surface area contributed by atoms with Gasteiger partial charge in [0.2, 0.25) is 10.0 Å². The molecule has 0 aliphatic rings. The Labute approximate surface area is 133 Å². The number of hydrogen-bond acceptors (Lipinski definition) is 3. The van der Waals surface area contributed by atoms with Crippen molar-refractivity contribution in [2.75, 3.05) is 20.1 Å². The van der Waals surface area contributed by atoms with E-state index < -0.39 is 23.0 Å². The van der Waals surface area contributed by atoms with Crippen LogP contribution in [0.5, 0.6) is 0 Å². The maximum absolute atomic E-state index is 12.4. The average Bonchev–Trinajstić information content (AvgIpc) is 2.37. The van der Waals surface area contributed by atoms with Gasteiger partial charge in [-0.3, -0.25) is 0 Å². The number of benzene rings is 1. The summed E-state index contributed by atoms with van der Waals surface area (Å²) >= 11 is 12.1. The molecule has 0 radical (unpaired) electrons. The van der Waals surface area contributed by atoms with Gasteiger partial charge in [0.15, 0.2) is 0 Å². The third kappa shape index (κ3) is 4.50. The van der Waals surface area contributed by atoms with Crippen molar-refractivity contribution in [1.29, 1.82) is 0 Å². The number of alkyl halides is 2. The summed E-state index contributed by atoms with van der Waals surface area (Å²) in [5, 5.41) is 3.25. The maximum Gasteiger partial charge on any atom is 0.252 e. The Hall–Kier alpha value is -0.470. The first-order valence-corrected chi connectivity index (χ1v) is 8.33. The van der Waals surface area contributed by atoms with Crippen molar-refractivity contribution in [2.45, 2.75) is 24.8 Å². The van der Waals surface area contributed by atoms with Crippen LogP contribution in [-0.4, -0.2) is 39.3 Å². The van der Waals surface area contributed by atoms with Gasteiger partial charge in [0, 0.05) is 24.2 Å². The molecule has 0 bridgehead atoms. The highest BCUT2D eigenvalue weighted by Gasteiger charge is 2.27. The molecule has 1 N–H and O–H groups in total. The first-order valence-electron chi connectivity index (χ1n) is 6.13. The van der Waals surface area contributed by atoms with Gasteiger partial charge in [-0.05, 0) is 18.7 Å². The Morgan fingerprint density at radius 2 is 1.95 bits per heavy atom. The van der Waals surface area contributed by atoms with Crippen molar-refractivity contribution in [3.63, 3.8) is 0 Å². The predicted octanol–water partition coefficient (Wildman–Crippen LogP) is 2.99. The number of halogens is 4. The van der Waals surface area contributed by atoms with Crippen LogP contribution in [-0.2, 0) is 16.6 Å². The average molecular weight is 361 g/mol. The zero-order valence-electron chi connectivity index (χ0n) is 11.5. The van der Waals surface area contributed by atoms with E-state index in [4.69, 9.17) is 23.2 Å². The normalized spacial score (nSPS) is 12.4. The molecule has 0 aromatic heterocycles. The van der Waals surface area contributed by atoms with Gasteiger partial charge in [0.25, 0.3) is 6.43 Å². The van der Waals surface area contributed by atoms with E-state index in [1.54, 1.807) is 0 Å². The molecule has 9 heteroatoms. The summed E-state index contributed by atoms with van der Waals surface area (Å²) in [6.07, 6.45) is -2.77. The summed E-state index contributed by atoms with van der Waals surface area (Å²) in [5.74, 6) is 0. The third-order valence-electron chi connectivity index (χ3n) is 2.79. The minimum absolute atomic E-state index is 0.0513. The Morgan fingerprint density at radius 1 is 1.33 bits per heavy atom. The lowest BCUT2D eigenvalue weighted by Crippen LogP contribution is -2.31. The molecule has 21 heavy (non-hydrogen) atoms. The van der Waals surface area contributed by atoms with E-state index in [9.17, 15) is 17.2 Å². The van der Waals surface area contributed by atoms with Crippen LogP contribution < -0.4 is 5.32 Å². The quantitative estimate of drug-likeness (QED) is 0.812.